The van der Waals surface area contributed by atoms with E-state index in [0.29, 0.717) is 0 Å². The molecule has 0 spiro atoms. The number of halogens is 1. The number of hydrogen-bond acceptors (Lipinski definition) is 2. The second-order valence-corrected chi connectivity index (χ2v) is 7.51. The Balaban J connectivity index is 1.88. The first-order chi connectivity index (χ1) is 9.33. The van der Waals surface area contributed by atoms with E-state index in [1.165, 1.54) is 5.56 Å². The predicted octanol–water partition coefficient (Wildman–Crippen LogP) is 3.19. The van der Waals surface area contributed by atoms with Crippen LogP contribution in [0, 0.1) is 5.92 Å². The van der Waals surface area contributed by atoms with Crippen LogP contribution in [0.25, 0.3) is 0 Å². The maximum Gasteiger partial charge on any atom is 0.224 e. The van der Waals surface area contributed by atoms with E-state index in [2.05, 4.69) is 44.3 Å². The molecule has 1 unspecified atom stereocenters. The molecule has 0 bridgehead atoms. The molecule has 1 atom stereocenters. The van der Waals surface area contributed by atoms with Gasteiger partial charge in [-0.3, -0.25) is 9.69 Å². The van der Waals surface area contributed by atoms with E-state index in [9.17, 15) is 4.79 Å². The summed E-state index contributed by atoms with van der Waals surface area (Å²) in [6, 6.07) is 8.36. The molecule has 0 radical (unpaired) electrons. The number of benzene rings is 1. The summed E-state index contributed by atoms with van der Waals surface area (Å²) in [5.74, 6) is 0.315. The van der Waals surface area contributed by atoms with E-state index in [-0.39, 0.29) is 17.4 Å². The van der Waals surface area contributed by atoms with Gasteiger partial charge in [-0.15, -0.1) is 0 Å². The molecule has 1 aromatic rings. The van der Waals surface area contributed by atoms with Gasteiger partial charge in [0.1, 0.15) is 0 Å². The number of likely N-dealkylation sites (tertiary alicyclic amines) is 1. The summed E-state index contributed by atoms with van der Waals surface area (Å²) in [6.45, 7) is 8.85. The van der Waals surface area contributed by atoms with Crippen molar-refractivity contribution in [3.8, 4) is 0 Å². The summed E-state index contributed by atoms with van der Waals surface area (Å²) >= 11 is 3.50. The molecule has 110 valence electrons. The van der Waals surface area contributed by atoms with Gasteiger partial charge in [-0.05, 0) is 51.4 Å². The predicted molar refractivity (Wildman–Crippen MR) is 85.4 cm³/mol. The number of carbonyl (C=O) groups is 1. The van der Waals surface area contributed by atoms with E-state index in [0.717, 1.165) is 30.5 Å². The quantitative estimate of drug-likeness (QED) is 0.917. The van der Waals surface area contributed by atoms with E-state index in [1.54, 1.807) is 0 Å². The van der Waals surface area contributed by atoms with E-state index in [1.807, 2.05) is 26.8 Å². The minimum Gasteiger partial charge on any atom is -0.351 e. The Morgan fingerprint density at radius 2 is 2.20 bits per heavy atom. The molecule has 3 nitrogen and oxygen atoms in total. The fraction of sp³-hybridized carbons (Fsp3) is 0.562. The van der Waals surface area contributed by atoms with E-state index in [4.69, 9.17) is 0 Å². The zero-order chi connectivity index (χ0) is 14.8. The molecule has 1 amide bonds. The van der Waals surface area contributed by atoms with Crippen molar-refractivity contribution in [2.45, 2.75) is 39.3 Å². The van der Waals surface area contributed by atoms with Gasteiger partial charge in [0.2, 0.25) is 5.91 Å². The maximum absolute atomic E-state index is 12.2. The molecule has 1 aromatic carbocycles. The molecule has 20 heavy (non-hydrogen) atoms. The van der Waals surface area contributed by atoms with Gasteiger partial charge < -0.3 is 5.32 Å². The molecule has 1 aliphatic rings. The van der Waals surface area contributed by atoms with E-state index >= 15 is 0 Å². The minimum atomic E-state index is -0.144. The molecule has 1 saturated heterocycles. The summed E-state index contributed by atoms with van der Waals surface area (Å²) in [5, 5.41) is 3.08. The molecular weight excluding hydrogens is 316 g/mol. The second kappa shape index (κ2) is 6.27. The Bertz CT molecular complexity index is 482. The average Bonchev–Trinajstić information content (AvgIpc) is 2.75. The number of hydrogen-bond donors (Lipinski definition) is 1. The Kier molecular flexibility index (Phi) is 4.86. The van der Waals surface area contributed by atoms with Crippen LogP contribution in [0.4, 0.5) is 0 Å². The highest BCUT2D eigenvalue weighted by Crippen LogP contribution is 2.21. The normalized spacial score (nSPS) is 20.1. The summed E-state index contributed by atoms with van der Waals surface area (Å²) in [6.07, 6.45) is 0.954. The lowest BCUT2D eigenvalue weighted by atomic mass is 10.0. The zero-order valence-electron chi connectivity index (χ0n) is 12.4. The van der Waals surface area contributed by atoms with Crippen LogP contribution in [0.1, 0.15) is 32.8 Å². The van der Waals surface area contributed by atoms with Crippen LogP contribution in [0.5, 0.6) is 0 Å². The number of nitrogens with zero attached hydrogens (tertiary/aromatic N) is 1. The van der Waals surface area contributed by atoms with Crippen LogP contribution in [0.15, 0.2) is 28.7 Å². The highest BCUT2D eigenvalue weighted by molar-refractivity contribution is 9.10. The minimum absolute atomic E-state index is 0.126. The average molecular weight is 339 g/mol. The SMILES string of the molecule is CC(C)(C)NC(=O)C1CCN(Cc2cccc(Br)c2)C1. The molecule has 2 rings (SSSR count). The van der Waals surface area contributed by atoms with Gasteiger partial charge in [-0.25, -0.2) is 0 Å². The molecule has 1 fully saturated rings. The Morgan fingerprint density at radius 3 is 2.85 bits per heavy atom. The summed E-state index contributed by atoms with van der Waals surface area (Å²) in [5.41, 5.74) is 1.14. The largest absolute Gasteiger partial charge is 0.351 e. The third-order valence-electron chi connectivity index (χ3n) is 3.44. The molecule has 1 aliphatic heterocycles. The second-order valence-electron chi connectivity index (χ2n) is 6.59. The van der Waals surface area contributed by atoms with Crippen molar-refractivity contribution >= 4 is 21.8 Å². The molecular formula is C16H23BrN2O. The number of amides is 1. The number of rotatable bonds is 3. The zero-order valence-corrected chi connectivity index (χ0v) is 14.0. The Hall–Kier alpha value is -0.870. The standard InChI is InChI=1S/C16H23BrN2O/c1-16(2,3)18-15(20)13-7-8-19(11-13)10-12-5-4-6-14(17)9-12/h4-6,9,13H,7-8,10-11H2,1-3H3,(H,18,20). The molecule has 0 aromatic heterocycles. The monoisotopic (exact) mass is 338 g/mol. The van der Waals surface area contributed by atoms with Crippen molar-refractivity contribution < 1.29 is 4.79 Å². The highest BCUT2D eigenvalue weighted by atomic mass is 79.9. The fourth-order valence-electron chi connectivity index (χ4n) is 2.56. The molecule has 0 saturated carbocycles. The topological polar surface area (TPSA) is 32.3 Å². The van der Waals surface area contributed by atoms with Crippen molar-refractivity contribution in [2.24, 2.45) is 5.92 Å². The summed E-state index contributed by atoms with van der Waals surface area (Å²) in [7, 11) is 0. The number of nitrogens with one attached hydrogen (secondary N) is 1. The van der Waals surface area contributed by atoms with Crippen LogP contribution in [0.3, 0.4) is 0 Å². The van der Waals surface area contributed by atoms with Gasteiger partial charge in [0.25, 0.3) is 0 Å². The molecule has 0 aliphatic carbocycles. The maximum atomic E-state index is 12.2. The van der Waals surface area contributed by atoms with Gasteiger partial charge >= 0.3 is 0 Å². The van der Waals surface area contributed by atoms with E-state index < -0.39 is 0 Å². The first-order valence-corrected chi connectivity index (χ1v) is 7.91. The van der Waals surface area contributed by atoms with Crippen molar-refractivity contribution in [3.05, 3.63) is 34.3 Å². The lowest BCUT2D eigenvalue weighted by Crippen LogP contribution is -2.44. The fourth-order valence-corrected chi connectivity index (χ4v) is 3.00. The van der Waals surface area contributed by atoms with Crippen LogP contribution in [0.2, 0.25) is 0 Å². The van der Waals surface area contributed by atoms with Crippen LogP contribution in [-0.4, -0.2) is 29.4 Å². The first-order valence-electron chi connectivity index (χ1n) is 7.12. The van der Waals surface area contributed by atoms with Crippen LogP contribution in [-0.2, 0) is 11.3 Å². The first kappa shape index (κ1) is 15.5. The van der Waals surface area contributed by atoms with Crippen molar-refractivity contribution in [3.63, 3.8) is 0 Å². The number of carbonyl (C=O) groups excluding carboxylic acids is 1. The lowest BCUT2D eigenvalue weighted by Gasteiger charge is -2.23. The van der Waals surface area contributed by atoms with Gasteiger partial charge in [-0.1, -0.05) is 28.1 Å². The van der Waals surface area contributed by atoms with Gasteiger partial charge in [0.05, 0.1) is 5.92 Å². The van der Waals surface area contributed by atoms with Crippen molar-refractivity contribution in [1.82, 2.24) is 10.2 Å². The summed E-state index contributed by atoms with van der Waals surface area (Å²) in [4.78, 5) is 14.5. The smallest absolute Gasteiger partial charge is 0.224 e. The third kappa shape index (κ3) is 4.60. The van der Waals surface area contributed by atoms with Gasteiger partial charge in [-0.2, -0.15) is 0 Å². The summed E-state index contributed by atoms with van der Waals surface area (Å²) < 4.78 is 1.11. The Labute approximate surface area is 129 Å². The van der Waals surface area contributed by atoms with Crippen molar-refractivity contribution in [2.75, 3.05) is 13.1 Å². The lowest BCUT2D eigenvalue weighted by molar-refractivity contribution is -0.126. The third-order valence-corrected chi connectivity index (χ3v) is 3.93. The van der Waals surface area contributed by atoms with Gasteiger partial charge in [0, 0.05) is 23.1 Å². The Morgan fingerprint density at radius 1 is 1.45 bits per heavy atom. The van der Waals surface area contributed by atoms with Crippen molar-refractivity contribution in [1.29, 1.82) is 0 Å². The highest BCUT2D eigenvalue weighted by Gasteiger charge is 2.29. The molecule has 1 N–H and O–H groups in total. The molecule has 4 heteroatoms. The van der Waals surface area contributed by atoms with Crippen LogP contribution < -0.4 is 5.32 Å². The van der Waals surface area contributed by atoms with Gasteiger partial charge in [0.15, 0.2) is 0 Å². The molecule has 1 heterocycles. The van der Waals surface area contributed by atoms with Crippen LogP contribution >= 0.6 is 15.9 Å².